The highest BCUT2D eigenvalue weighted by Gasteiger charge is 2.10. The first-order chi connectivity index (χ1) is 9.61. The van der Waals surface area contributed by atoms with Gasteiger partial charge in [-0.2, -0.15) is 0 Å². The van der Waals surface area contributed by atoms with Crippen LogP contribution in [0, 0.1) is 0 Å². The molecule has 0 radical (unpaired) electrons. The average Bonchev–Trinajstić information content (AvgIpc) is 2.47. The highest BCUT2D eigenvalue weighted by molar-refractivity contribution is 6.34. The maximum absolute atomic E-state index is 12.0. The van der Waals surface area contributed by atoms with Gasteiger partial charge in [0.05, 0.1) is 16.3 Å². The third kappa shape index (κ3) is 3.13. The maximum atomic E-state index is 12.0. The van der Waals surface area contributed by atoms with E-state index in [2.05, 4.69) is 15.5 Å². The van der Waals surface area contributed by atoms with Crippen molar-refractivity contribution in [1.29, 1.82) is 0 Å². The van der Waals surface area contributed by atoms with Crippen molar-refractivity contribution in [1.82, 2.24) is 4.98 Å². The number of rotatable bonds is 3. The van der Waals surface area contributed by atoms with Crippen molar-refractivity contribution in [3.8, 4) is 0 Å². The van der Waals surface area contributed by atoms with Crippen LogP contribution in [0.15, 0.2) is 47.9 Å². The molecule has 1 aromatic heterocycles. The zero-order valence-corrected chi connectivity index (χ0v) is 11.4. The Balaban J connectivity index is 2.15. The summed E-state index contributed by atoms with van der Waals surface area (Å²) in [6.45, 7) is 1.68. The third-order valence-electron chi connectivity index (χ3n) is 2.73. The van der Waals surface area contributed by atoms with E-state index in [4.69, 9.17) is 16.8 Å². The highest BCUT2D eigenvalue weighted by Crippen LogP contribution is 2.16. The van der Waals surface area contributed by atoms with Gasteiger partial charge in [-0.05, 0) is 30.7 Å². The first kappa shape index (κ1) is 14.0. The Bertz CT molecular complexity index is 654. The zero-order valence-electron chi connectivity index (χ0n) is 10.7. The van der Waals surface area contributed by atoms with Gasteiger partial charge in [-0.25, -0.2) is 0 Å². The van der Waals surface area contributed by atoms with E-state index in [1.165, 1.54) is 12.4 Å². The highest BCUT2D eigenvalue weighted by atomic mass is 35.5. The number of pyridine rings is 1. The van der Waals surface area contributed by atoms with Crippen LogP contribution in [0.25, 0.3) is 0 Å². The Morgan fingerprint density at radius 1 is 1.30 bits per heavy atom. The van der Waals surface area contributed by atoms with E-state index in [0.717, 1.165) is 5.56 Å². The normalized spacial score (nSPS) is 11.2. The van der Waals surface area contributed by atoms with Crippen molar-refractivity contribution >= 4 is 28.9 Å². The number of carbonyl (C=O) groups is 1. The Kier molecular flexibility index (Phi) is 4.32. The summed E-state index contributed by atoms with van der Waals surface area (Å²) in [5, 5.41) is 14.8. The number of anilines is 1. The van der Waals surface area contributed by atoms with Crippen LogP contribution in [0.5, 0.6) is 0 Å². The molecule has 0 fully saturated rings. The van der Waals surface area contributed by atoms with Crippen LogP contribution in [0.3, 0.4) is 0 Å². The van der Waals surface area contributed by atoms with Gasteiger partial charge in [0.15, 0.2) is 0 Å². The first-order valence-corrected chi connectivity index (χ1v) is 6.19. The lowest BCUT2D eigenvalue weighted by molar-refractivity contribution is 0.102. The molecule has 1 heterocycles. The number of nitrogens with one attached hydrogen (secondary N) is 1. The molecule has 2 aromatic rings. The molecule has 2 rings (SSSR count). The van der Waals surface area contributed by atoms with E-state index in [1.807, 2.05) is 0 Å². The van der Waals surface area contributed by atoms with Crippen LogP contribution in [-0.4, -0.2) is 21.8 Å². The number of aromatic nitrogens is 1. The summed E-state index contributed by atoms with van der Waals surface area (Å²) in [6.07, 6.45) is 2.92. The molecule has 0 saturated carbocycles. The Labute approximate surface area is 120 Å². The van der Waals surface area contributed by atoms with Crippen LogP contribution >= 0.6 is 11.6 Å². The van der Waals surface area contributed by atoms with Gasteiger partial charge < -0.3 is 10.5 Å². The number of hydrogen-bond donors (Lipinski definition) is 2. The molecule has 2 N–H and O–H groups in total. The number of carbonyl (C=O) groups excluding carboxylic acids is 1. The molecule has 1 amide bonds. The molecular formula is C14H12ClN3O2. The van der Waals surface area contributed by atoms with Crippen molar-refractivity contribution in [2.75, 3.05) is 5.32 Å². The van der Waals surface area contributed by atoms with E-state index < -0.39 is 0 Å². The van der Waals surface area contributed by atoms with Crippen molar-refractivity contribution < 1.29 is 10.0 Å². The molecule has 102 valence electrons. The molecule has 0 saturated heterocycles. The summed E-state index contributed by atoms with van der Waals surface area (Å²) < 4.78 is 0. The smallest absolute Gasteiger partial charge is 0.257 e. The van der Waals surface area contributed by atoms with E-state index in [9.17, 15) is 4.79 Å². The number of benzene rings is 1. The molecule has 6 heteroatoms. The molecule has 0 unspecified atom stereocenters. The summed E-state index contributed by atoms with van der Waals surface area (Å²) in [5.41, 5.74) is 2.25. The molecule has 1 aromatic carbocycles. The molecule has 0 spiro atoms. The minimum atomic E-state index is -0.308. The number of nitrogens with zero attached hydrogens (tertiary/aromatic N) is 2. The predicted molar refractivity (Wildman–Crippen MR) is 77.6 cm³/mol. The summed E-state index contributed by atoms with van der Waals surface area (Å²) in [4.78, 5) is 15.8. The zero-order chi connectivity index (χ0) is 14.5. The molecule has 0 aliphatic heterocycles. The fraction of sp³-hybridized carbons (Fsp3) is 0.0714. The SMILES string of the molecule is CC(=NO)c1ccc(NC(=O)c2ccncc2Cl)cc1. The third-order valence-corrected chi connectivity index (χ3v) is 3.03. The van der Waals surface area contributed by atoms with Crippen LogP contribution in [-0.2, 0) is 0 Å². The Morgan fingerprint density at radius 3 is 2.60 bits per heavy atom. The molecule has 0 aliphatic carbocycles. The lowest BCUT2D eigenvalue weighted by Gasteiger charge is -2.07. The summed E-state index contributed by atoms with van der Waals surface area (Å²) >= 11 is 5.90. The number of halogens is 1. The van der Waals surface area contributed by atoms with Crippen molar-refractivity contribution in [2.24, 2.45) is 5.16 Å². The summed E-state index contributed by atoms with van der Waals surface area (Å²) in [5.74, 6) is -0.308. The number of hydrogen-bond acceptors (Lipinski definition) is 4. The molecule has 0 bridgehead atoms. The maximum Gasteiger partial charge on any atom is 0.257 e. The van der Waals surface area contributed by atoms with E-state index in [1.54, 1.807) is 37.3 Å². The molecule has 5 nitrogen and oxygen atoms in total. The van der Waals surface area contributed by atoms with Crippen LogP contribution in [0.4, 0.5) is 5.69 Å². The van der Waals surface area contributed by atoms with Gasteiger partial charge in [0.1, 0.15) is 0 Å². The Hall–Kier alpha value is -2.40. The number of oxime groups is 1. The quantitative estimate of drug-likeness (QED) is 0.518. The van der Waals surface area contributed by atoms with Gasteiger partial charge in [0.2, 0.25) is 0 Å². The number of amides is 1. The van der Waals surface area contributed by atoms with Crippen molar-refractivity contribution in [3.05, 3.63) is 58.9 Å². The second-order valence-electron chi connectivity index (χ2n) is 4.07. The average molecular weight is 290 g/mol. The molecule has 0 aliphatic rings. The second-order valence-corrected chi connectivity index (χ2v) is 4.48. The van der Waals surface area contributed by atoms with Crippen LogP contribution in [0.1, 0.15) is 22.8 Å². The topological polar surface area (TPSA) is 74.6 Å². The van der Waals surface area contributed by atoms with E-state index >= 15 is 0 Å². The van der Waals surface area contributed by atoms with Gasteiger partial charge in [-0.15, -0.1) is 0 Å². The van der Waals surface area contributed by atoms with Crippen molar-refractivity contribution in [2.45, 2.75) is 6.92 Å². The summed E-state index contributed by atoms with van der Waals surface area (Å²) in [7, 11) is 0. The lowest BCUT2D eigenvalue weighted by Crippen LogP contribution is -2.12. The standard InChI is InChI=1S/C14H12ClN3O2/c1-9(18-20)10-2-4-11(5-3-10)17-14(19)12-6-7-16-8-13(12)15/h2-8,20H,1H3,(H,17,19). The van der Waals surface area contributed by atoms with Gasteiger partial charge in [0, 0.05) is 18.1 Å². The molecule has 20 heavy (non-hydrogen) atoms. The monoisotopic (exact) mass is 289 g/mol. The fourth-order valence-electron chi connectivity index (χ4n) is 1.61. The predicted octanol–water partition coefficient (Wildman–Crippen LogP) is 3.19. The summed E-state index contributed by atoms with van der Waals surface area (Å²) in [6, 6.07) is 8.49. The largest absolute Gasteiger partial charge is 0.411 e. The van der Waals surface area contributed by atoms with E-state index in [0.29, 0.717) is 22.0 Å². The lowest BCUT2D eigenvalue weighted by atomic mass is 10.1. The van der Waals surface area contributed by atoms with E-state index in [-0.39, 0.29) is 5.91 Å². The Morgan fingerprint density at radius 2 is 2.00 bits per heavy atom. The molecule has 0 atom stereocenters. The second kappa shape index (κ2) is 6.16. The minimum Gasteiger partial charge on any atom is -0.411 e. The van der Waals surface area contributed by atoms with Gasteiger partial charge in [-0.3, -0.25) is 9.78 Å². The van der Waals surface area contributed by atoms with Crippen molar-refractivity contribution in [3.63, 3.8) is 0 Å². The molecular weight excluding hydrogens is 278 g/mol. The van der Waals surface area contributed by atoms with Crippen LogP contribution < -0.4 is 5.32 Å². The minimum absolute atomic E-state index is 0.296. The van der Waals surface area contributed by atoms with Gasteiger partial charge in [0.25, 0.3) is 5.91 Å². The van der Waals surface area contributed by atoms with Gasteiger partial charge >= 0.3 is 0 Å². The first-order valence-electron chi connectivity index (χ1n) is 5.82. The van der Waals surface area contributed by atoms with Crippen LogP contribution in [0.2, 0.25) is 5.02 Å². The fourth-order valence-corrected chi connectivity index (χ4v) is 1.82. The van der Waals surface area contributed by atoms with Gasteiger partial charge in [-0.1, -0.05) is 28.9 Å².